The van der Waals surface area contributed by atoms with E-state index >= 15 is 0 Å². The smallest absolute Gasteiger partial charge is 0.191 e. The molecule has 1 aromatic carbocycles. The lowest BCUT2D eigenvalue weighted by atomic mass is 9.91. The van der Waals surface area contributed by atoms with Crippen molar-refractivity contribution in [2.45, 2.75) is 39.3 Å². The van der Waals surface area contributed by atoms with E-state index in [0.717, 1.165) is 51.9 Å². The number of hydrogen-bond acceptors (Lipinski definition) is 4. The lowest BCUT2D eigenvalue weighted by Crippen LogP contribution is -2.43. The normalized spacial score (nSPS) is 16.0. The molecule has 158 valence electrons. The van der Waals surface area contributed by atoms with Gasteiger partial charge in [-0.1, -0.05) is 44.2 Å². The van der Waals surface area contributed by atoms with Gasteiger partial charge in [0.2, 0.25) is 0 Å². The number of ether oxygens (including phenoxy) is 1. The number of hydrogen-bond donors (Lipinski definition) is 2. The van der Waals surface area contributed by atoms with Crippen LogP contribution < -0.4 is 10.6 Å². The minimum Gasteiger partial charge on any atom is -0.379 e. The van der Waals surface area contributed by atoms with Gasteiger partial charge in [0.1, 0.15) is 0 Å². The van der Waals surface area contributed by atoms with Crippen LogP contribution in [0.3, 0.4) is 0 Å². The molecule has 1 fully saturated rings. The summed E-state index contributed by atoms with van der Waals surface area (Å²) in [7, 11) is 0. The monoisotopic (exact) mass is 414 g/mol. The van der Waals surface area contributed by atoms with Crippen molar-refractivity contribution in [3.63, 3.8) is 0 Å². The predicted octanol–water partition coefficient (Wildman–Crippen LogP) is 3.61. The number of aliphatic imine (C=N–C) groups is 1. The van der Waals surface area contributed by atoms with Crippen LogP contribution in [-0.4, -0.2) is 50.3 Å². The highest BCUT2D eigenvalue weighted by Gasteiger charge is 2.21. The predicted molar refractivity (Wildman–Crippen MR) is 123 cm³/mol. The van der Waals surface area contributed by atoms with E-state index in [0.29, 0.717) is 6.54 Å². The summed E-state index contributed by atoms with van der Waals surface area (Å²) in [6.45, 7) is 13.7. The first kappa shape index (κ1) is 21.8. The highest BCUT2D eigenvalue weighted by Crippen LogP contribution is 2.26. The van der Waals surface area contributed by atoms with Crippen molar-refractivity contribution in [1.29, 1.82) is 0 Å². The first-order chi connectivity index (χ1) is 14.1. The van der Waals surface area contributed by atoms with Gasteiger partial charge < -0.3 is 15.4 Å². The highest BCUT2D eigenvalue weighted by atomic mass is 32.1. The highest BCUT2D eigenvalue weighted by molar-refractivity contribution is 7.10. The zero-order chi connectivity index (χ0) is 20.5. The molecule has 1 aliphatic rings. The average molecular weight is 415 g/mol. The Morgan fingerprint density at radius 1 is 1.10 bits per heavy atom. The van der Waals surface area contributed by atoms with Crippen LogP contribution >= 0.6 is 11.3 Å². The topological polar surface area (TPSA) is 48.9 Å². The van der Waals surface area contributed by atoms with Gasteiger partial charge >= 0.3 is 0 Å². The second-order valence-electron chi connectivity index (χ2n) is 8.11. The van der Waals surface area contributed by atoms with Crippen LogP contribution in [0.1, 0.15) is 36.8 Å². The Labute approximate surface area is 179 Å². The van der Waals surface area contributed by atoms with E-state index in [1.54, 1.807) is 0 Å². The molecule has 0 amide bonds. The van der Waals surface area contributed by atoms with Gasteiger partial charge in [0, 0.05) is 43.0 Å². The fourth-order valence-electron chi connectivity index (χ4n) is 3.34. The van der Waals surface area contributed by atoms with E-state index in [9.17, 15) is 0 Å². The zero-order valence-electron chi connectivity index (χ0n) is 17.9. The molecule has 5 nitrogen and oxygen atoms in total. The lowest BCUT2D eigenvalue weighted by molar-refractivity contribution is 0.0342. The number of nitrogens with one attached hydrogen (secondary N) is 2. The maximum absolute atomic E-state index is 5.42. The summed E-state index contributed by atoms with van der Waals surface area (Å²) in [4.78, 5) is 8.61. The summed E-state index contributed by atoms with van der Waals surface area (Å²) >= 11 is 1.81. The first-order valence-corrected chi connectivity index (χ1v) is 11.4. The summed E-state index contributed by atoms with van der Waals surface area (Å²) < 4.78 is 5.42. The Bertz CT molecular complexity index is 750. The fourth-order valence-corrected chi connectivity index (χ4v) is 4.19. The molecular weight excluding hydrogens is 380 g/mol. The van der Waals surface area contributed by atoms with Crippen LogP contribution in [0.2, 0.25) is 0 Å². The first-order valence-electron chi connectivity index (χ1n) is 10.5. The summed E-state index contributed by atoms with van der Waals surface area (Å²) in [5.74, 6) is 0.870. The average Bonchev–Trinajstić information content (AvgIpc) is 3.28. The molecule has 1 aliphatic heterocycles. The minimum atomic E-state index is 0.0749. The number of benzene rings is 1. The molecule has 0 unspecified atom stereocenters. The Balaban J connectivity index is 1.53. The Morgan fingerprint density at radius 2 is 1.83 bits per heavy atom. The Hall–Kier alpha value is -1.89. The second kappa shape index (κ2) is 10.8. The molecule has 0 saturated carbocycles. The van der Waals surface area contributed by atoms with Gasteiger partial charge in [-0.25, -0.2) is 4.99 Å². The van der Waals surface area contributed by atoms with Crippen molar-refractivity contribution >= 4 is 17.3 Å². The molecule has 1 aromatic heterocycles. The number of morpholine rings is 1. The maximum atomic E-state index is 5.42. The molecule has 0 aliphatic carbocycles. The minimum absolute atomic E-state index is 0.0749. The third-order valence-electron chi connectivity index (χ3n) is 5.18. The van der Waals surface area contributed by atoms with E-state index in [4.69, 9.17) is 9.73 Å². The van der Waals surface area contributed by atoms with Gasteiger partial charge in [0.25, 0.3) is 0 Å². The lowest BCUT2D eigenvalue weighted by Gasteiger charge is -2.26. The van der Waals surface area contributed by atoms with E-state index in [-0.39, 0.29) is 5.41 Å². The molecule has 0 bridgehead atoms. The van der Waals surface area contributed by atoms with Crippen LogP contribution in [0.15, 0.2) is 46.8 Å². The standard InChI is InChI=1S/C23H34N4OS/c1-4-24-22(26-18-23(2,3)21-6-5-15-29-21)25-16-19-7-9-20(10-8-19)17-27-11-13-28-14-12-27/h5-10,15H,4,11-14,16-18H2,1-3H3,(H2,24,25,26). The van der Waals surface area contributed by atoms with Gasteiger partial charge in [-0.2, -0.15) is 0 Å². The van der Waals surface area contributed by atoms with Crippen LogP contribution in [0.25, 0.3) is 0 Å². The van der Waals surface area contributed by atoms with E-state index < -0.39 is 0 Å². The molecule has 2 heterocycles. The van der Waals surface area contributed by atoms with Gasteiger partial charge in [-0.15, -0.1) is 11.3 Å². The van der Waals surface area contributed by atoms with Crippen molar-refractivity contribution in [1.82, 2.24) is 15.5 Å². The van der Waals surface area contributed by atoms with E-state index in [2.05, 4.69) is 78.1 Å². The summed E-state index contributed by atoms with van der Waals surface area (Å²) in [5.41, 5.74) is 2.65. The molecular formula is C23H34N4OS. The third-order valence-corrected chi connectivity index (χ3v) is 6.42. The third kappa shape index (κ3) is 6.84. The van der Waals surface area contributed by atoms with Gasteiger partial charge in [0.15, 0.2) is 5.96 Å². The SMILES string of the molecule is CCNC(=NCc1ccc(CN2CCOCC2)cc1)NCC(C)(C)c1cccs1. The molecule has 6 heteroatoms. The van der Waals surface area contributed by atoms with Crippen molar-refractivity contribution < 1.29 is 4.74 Å². The summed E-state index contributed by atoms with van der Waals surface area (Å²) in [6.07, 6.45) is 0. The second-order valence-corrected chi connectivity index (χ2v) is 9.06. The molecule has 29 heavy (non-hydrogen) atoms. The molecule has 3 rings (SSSR count). The molecule has 0 atom stereocenters. The van der Waals surface area contributed by atoms with Gasteiger partial charge in [0.05, 0.1) is 19.8 Å². The van der Waals surface area contributed by atoms with Crippen molar-refractivity contribution in [2.24, 2.45) is 4.99 Å². The van der Waals surface area contributed by atoms with Crippen LogP contribution in [0.5, 0.6) is 0 Å². The summed E-state index contributed by atoms with van der Waals surface area (Å²) in [5, 5.41) is 9.01. The molecule has 2 N–H and O–H groups in total. The number of rotatable bonds is 8. The van der Waals surface area contributed by atoms with Crippen molar-refractivity contribution in [3.05, 3.63) is 57.8 Å². The van der Waals surface area contributed by atoms with E-state index in [1.807, 2.05) is 11.3 Å². The Kier molecular flexibility index (Phi) is 8.09. The zero-order valence-corrected chi connectivity index (χ0v) is 18.7. The van der Waals surface area contributed by atoms with Gasteiger partial charge in [-0.3, -0.25) is 4.90 Å². The van der Waals surface area contributed by atoms with Crippen LogP contribution in [-0.2, 0) is 23.2 Å². The molecule has 0 radical (unpaired) electrons. The number of thiophene rings is 1. The largest absolute Gasteiger partial charge is 0.379 e. The number of nitrogens with zero attached hydrogens (tertiary/aromatic N) is 2. The molecule has 2 aromatic rings. The van der Waals surface area contributed by atoms with Crippen LogP contribution in [0.4, 0.5) is 0 Å². The quantitative estimate of drug-likeness (QED) is 0.512. The summed E-state index contributed by atoms with van der Waals surface area (Å²) in [6, 6.07) is 13.1. The molecule has 1 saturated heterocycles. The molecule has 0 spiro atoms. The van der Waals surface area contributed by atoms with E-state index in [1.165, 1.54) is 16.0 Å². The Morgan fingerprint density at radius 3 is 2.48 bits per heavy atom. The van der Waals surface area contributed by atoms with Crippen molar-refractivity contribution in [3.8, 4) is 0 Å². The van der Waals surface area contributed by atoms with Crippen molar-refractivity contribution in [2.75, 3.05) is 39.4 Å². The van der Waals surface area contributed by atoms with Gasteiger partial charge in [-0.05, 0) is 29.5 Å². The van der Waals surface area contributed by atoms with Crippen LogP contribution in [0, 0.1) is 0 Å². The maximum Gasteiger partial charge on any atom is 0.191 e. The number of guanidine groups is 1. The fraction of sp³-hybridized carbons (Fsp3) is 0.522.